The predicted octanol–water partition coefficient (Wildman–Crippen LogP) is 2.42. The highest BCUT2D eigenvalue weighted by Gasteiger charge is 2.16. The van der Waals surface area contributed by atoms with Gasteiger partial charge in [-0.3, -0.25) is 9.59 Å². The van der Waals surface area contributed by atoms with Crippen molar-refractivity contribution in [1.29, 1.82) is 0 Å². The smallest absolute Gasteiger partial charge is 0.258 e. The molecule has 3 rings (SSSR count). The Balaban J connectivity index is 1.57. The Morgan fingerprint density at radius 3 is 2.96 bits per heavy atom. The fraction of sp³-hybridized carbons (Fsp3) is 0.474. The van der Waals surface area contributed by atoms with E-state index in [0.717, 1.165) is 37.7 Å². The molecular formula is C19H24N2O3. The minimum atomic E-state index is -0.116. The SMILES string of the molecule is CN(CCC[C@H]1CCCO1)C(=O)Cn1ccc2ccccc2c1=O. The maximum Gasteiger partial charge on any atom is 0.258 e. The van der Waals surface area contributed by atoms with Gasteiger partial charge in [-0.15, -0.1) is 0 Å². The Kier molecular flexibility index (Phi) is 5.30. The highest BCUT2D eigenvalue weighted by atomic mass is 16.5. The summed E-state index contributed by atoms with van der Waals surface area (Å²) in [5.74, 6) is -0.0419. The summed E-state index contributed by atoms with van der Waals surface area (Å²) >= 11 is 0. The van der Waals surface area contributed by atoms with Crippen LogP contribution in [0.5, 0.6) is 0 Å². The fourth-order valence-electron chi connectivity index (χ4n) is 3.17. The topological polar surface area (TPSA) is 51.5 Å². The number of fused-ring (bicyclic) bond motifs is 1. The lowest BCUT2D eigenvalue weighted by molar-refractivity contribution is -0.130. The Morgan fingerprint density at radius 2 is 2.17 bits per heavy atom. The highest BCUT2D eigenvalue weighted by molar-refractivity contribution is 5.82. The van der Waals surface area contributed by atoms with Gasteiger partial charge in [-0.25, -0.2) is 0 Å². The zero-order valence-electron chi connectivity index (χ0n) is 14.1. The van der Waals surface area contributed by atoms with Gasteiger partial charge in [0.2, 0.25) is 5.91 Å². The third-order valence-electron chi connectivity index (χ3n) is 4.66. The van der Waals surface area contributed by atoms with Gasteiger partial charge in [0.1, 0.15) is 6.54 Å². The number of amides is 1. The number of rotatable bonds is 6. The van der Waals surface area contributed by atoms with Crippen molar-refractivity contribution in [3.63, 3.8) is 0 Å². The van der Waals surface area contributed by atoms with E-state index in [9.17, 15) is 9.59 Å². The van der Waals surface area contributed by atoms with Gasteiger partial charge in [0.05, 0.1) is 6.10 Å². The summed E-state index contributed by atoms with van der Waals surface area (Å²) in [6.45, 7) is 1.64. The standard InChI is InChI=1S/C19H24N2O3/c1-20(11-4-7-16-8-5-13-24-16)18(22)14-21-12-10-15-6-2-3-9-17(15)19(21)23/h2-3,6,9-10,12,16H,4-5,7-8,11,13-14H2,1H3/t16-/m0/s1. The normalized spacial score (nSPS) is 17.3. The number of likely N-dealkylation sites (N-methyl/N-ethyl adjacent to an activating group) is 1. The molecule has 1 aliphatic heterocycles. The van der Waals surface area contributed by atoms with E-state index in [1.54, 1.807) is 24.2 Å². The molecule has 0 spiro atoms. The van der Waals surface area contributed by atoms with Crippen molar-refractivity contribution in [2.45, 2.75) is 38.3 Å². The summed E-state index contributed by atoms with van der Waals surface area (Å²) in [5.41, 5.74) is -0.116. The molecular weight excluding hydrogens is 304 g/mol. The van der Waals surface area contributed by atoms with Crippen molar-refractivity contribution >= 4 is 16.7 Å². The number of pyridine rings is 1. The van der Waals surface area contributed by atoms with Crippen LogP contribution in [0, 0.1) is 0 Å². The van der Waals surface area contributed by atoms with Gasteiger partial charge >= 0.3 is 0 Å². The van der Waals surface area contributed by atoms with Crippen molar-refractivity contribution in [3.8, 4) is 0 Å². The molecule has 1 aromatic heterocycles. The molecule has 0 bridgehead atoms. The lowest BCUT2D eigenvalue weighted by atomic mass is 10.1. The van der Waals surface area contributed by atoms with Crippen molar-refractivity contribution in [1.82, 2.24) is 9.47 Å². The lowest BCUT2D eigenvalue weighted by Gasteiger charge is -2.19. The van der Waals surface area contributed by atoms with Gasteiger partial charge in [-0.05, 0) is 43.2 Å². The number of hydrogen-bond acceptors (Lipinski definition) is 3. The second kappa shape index (κ2) is 7.62. The molecule has 128 valence electrons. The number of aromatic nitrogens is 1. The summed E-state index contributed by atoms with van der Waals surface area (Å²) in [7, 11) is 1.80. The van der Waals surface area contributed by atoms with E-state index in [1.807, 2.05) is 24.3 Å². The van der Waals surface area contributed by atoms with Gasteiger partial charge in [0.25, 0.3) is 5.56 Å². The number of ether oxygens (including phenoxy) is 1. The van der Waals surface area contributed by atoms with Crippen molar-refractivity contribution in [2.24, 2.45) is 0 Å². The van der Waals surface area contributed by atoms with Crippen LogP contribution in [-0.2, 0) is 16.1 Å². The van der Waals surface area contributed by atoms with Gasteiger partial charge in [0, 0.05) is 31.8 Å². The molecule has 1 aliphatic rings. The van der Waals surface area contributed by atoms with Crippen LogP contribution < -0.4 is 5.56 Å². The second-order valence-electron chi connectivity index (χ2n) is 6.43. The molecule has 5 heteroatoms. The summed E-state index contributed by atoms with van der Waals surface area (Å²) < 4.78 is 7.09. The number of carbonyl (C=O) groups excluding carboxylic acids is 1. The number of hydrogen-bond donors (Lipinski definition) is 0. The van der Waals surface area contributed by atoms with E-state index in [4.69, 9.17) is 4.74 Å². The first-order chi connectivity index (χ1) is 11.6. The average molecular weight is 328 g/mol. The molecule has 24 heavy (non-hydrogen) atoms. The number of nitrogens with zero attached hydrogens (tertiary/aromatic N) is 2. The Labute approximate surface area is 141 Å². The van der Waals surface area contributed by atoms with Gasteiger partial charge in [-0.2, -0.15) is 0 Å². The molecule has 1 fully saturated rings. The van der Waals surface area contributed by atoms with E-state index in [2.05, 4.69) is 0 Å². The molecule has 1 aromatic carbocycles. The monoisotopic (exact) mass is 328 g/mol. The summed E-state index contributed by atoms with van der Waals surface area (Å²) in [4.78, 5) is 26.5. The van der Waals surface area contributed by atoms with Crippen LogP contribution in [0.2, 0.25) is 0 Å². The maximum atomic E-state index is 12.5. The summed E-state index contributed by atoms with van der Waals surface area (Å²) in [6, 6.07) is 9.32. The van der Waals surface area contributed by atoms with Crippen LogP contribution in [0.3, 0.4) is 0 Å². The summed E-state index contributed by atoms with van der Waals surface area (Å²) in [6.07, 6.45) is 6.25. The third-order valence-corrected chi connectivity index (χ3v) is 4.66. The first-order valence-corrected chi connectivity index (χ1v) is 8.59. The van der Waals surface area contributed by atoms with Crippen molar-refractivity contribution in [3.05, 3.63) is 46.9 Å². The van der Waals surface area contributed by atoms with Gasteiger partial charge in [-0.1, -0.05) is 18.2 Å². The van der Waals surface area contributed by atoms with Crippen LogP contribution in [0.1, 0.15) is 25.7 Å². The van der Waals surface area contributed by atoms with Crippen molar-refractivity contribution < 1.29 is 9.53 Å². The zero-order valence-corrected chi connectivity index (χ0v) is 14.1. The predicted molar refractivity (Wildman–Crippen MR) is 94.1 cm³/mol. The third kappa shape index (κ3) is 3.85. The molecule has 0 saturated carbocycles. The number of carbonyl (C=O) groups is 1. The van der Waals surface area contributed by atoms with Gasteiger partial charge < -0.3 is 14.2 Å². The van der Waals surface area contributed by atoms with E-state index >= 15 is 0 Å². The molecule has 0 N–H and O–H groups in total. The first-order valence-electron chi connectivity index (χ1n) is 8.59. The average Bonchev–Trinajstić information content (AvgIpc) is 3.11. The molecule has 1 atom stereocenters. The molecule has 0 aliphatic carbocycles. The van der Waals surface area contributed by atoms with Crippen LogP contribution in [-0.4, -0.2) is 41.7 Å². The lowest BCUT2D eigenvalue weighted by Crippen LogP contribution is -2.34. The van der Waals surface area contributed by atoms with Crippen LogP contribution in [0.25, 0.3) is 10.8 Å². The van der Waals surface area contributed by atoms with E-state index in [1.165, 1.54) is 4.57 Å². The molecule has 2 heterocycles. The molecule has 2 aromatic rings. The Bertz CT molecular complexity index is 763. The van der Waals surface area contributed by atoms with Crippen molar-refractivity contribution in [2.75, 3.05) is 20.2 Å². The van der Waals surface area contributed by atoms with E-state index < -0.39 is 0 Å². The minimum absolute atomic E-state index is 0.0419. The van der Waals surface area contributed by atoms with Crippen LogP contribution >= 0.6 is 0 Å². The largest absolute Gasteiger partial charge is 0.378 e. The van der Waals surface area contributed by atoms with E-state index in [0.29, 0.717) is 18.0 Å². The maximum absolute atomic E-state index is 12.5. The zero-order chi connectivity index (χ0) is 16.9. The quantitative estimate of drug-likeness (QED) is 0.818. The minimum Gasteiger partial charge on any atom is -0.378 e. The summed E-state index contributed by atoms with van der Waals surface area (Å²) in [5, 5.41) is 1.55. The Morgan fingerprint density at radius 1 is 1.33 bits per heavy atom. The molecule has 0 unspecified atom stereocenters. The highest BCUT2D eigenvalue weighted by Crippen LogP contribution is 2.16. The van der Waals surface area contributed by atoms with Crippen LogP contribution in [0.15, 0.2) is 41.3 Å². The Hall–Kier alpha value is -2.14. The van der Waals surface area contributed by atoms with E-state index in [-0.39, 0.29) is 18.0 Å². The molecule has 5 nitrogen and oxygen atoms in total. The number of benzene rings is 1. The molecule has 0 radical (unpaired) electrons. The van der Waals surface area contributed by atoms with Gasteiger partial charge in [0.15, 0.2) is 0 Å². The fourth-order valence-corrected chi connectivity index (χ4v) is 3.17. The molecule has 1 amide bonds. The first kappa shape index (κ1) is 16.7. The second-order valence-corrected chi connectivity index (χ2v) is 6.43. The van der Waals surface area contributed by atoms with Crippen LogP contribution in [0.4, 0.5) is 0 Å². The molecule has 1 saturated heterocycles.